The second-order valence-corrected chi connectivity index (χ2v) is 3.14. The molecule has 1 aromatic rings. The van der Waals surface area contributed by atoms with Crippen molar-refractivity contribution in [3.8, 4) is 0 Å². The average molecular weight is 160 g/mol. The Kier molecular flexibility index (Phi) is 1.70. The van der Waals surface area contributed by atoms with Crippen LogP contribution < -0.4 is 5.73 Å². The molecule has 62 valence electrons. The summed E-state index contributed by atoms with van der Waals surface area (Å²) in [6.07, 6.45) is 0.827. The van der Waals surface area contributed by atoms with Crippen molar-refractivity contribution in [3.05, 3.63) is 35.4 Å². The predicted molar refractivity (Wildman–Crippen MR) is 50.3 cm³/mol. The quantitative estimate of drug-likeness (QED) is 0.611. The molecular weight excluding hydrogens is 148 g/mol. The number of nitrogens with two attached hydrogens (primary N) is 1. The molecular formula is C10H12N2. The number of hydrogen-bond acceptors (Lipinski definition) is 2. The van der Waals surface area contributed by atoms with Crippen molar-refractivity contribution < 1.29 is 0 Å². The second kappa shape index (κ2) is 2.72. The van der Waals surface area contributed by atoms with Crippen molar-refractivity contribution in [2.75, 3.05) is 0 Å². The maximum Gasteiger partial charge on any atom is 0.101 e. The highest BCUT2D eigenvalue weighted by Gasteiger charge is 2.13. The van der Waals surface area contributed by atoms with Crippen LogP contribution in [0.1, 0.15) is 18.1 Å². The van der Waals surface area contributed by atoms with Crippen molar-refractivity contribution in [2.24, 2.45) is 10.7 Å². The van der Waals surface area contributed by atoms with Crippen LogP contribution in [0.5, 0.6) is 0 Å². The van der Waals surface area contributed by atoms with Crippen molar-refractivity contribution in [1.29, 1.82) is 0 Å². The van der Waals surface area contributed by atoms with Gasteiger partial charge in [0, 0.05) is 12.1 Å². The van der Waals surface area contributed by atoms with E-state index in [4.69, 9.17) is 5.73 Å². The van der Waals surface area contributed by atoms with Gasteiger partial charge in [-0.25, -0.2) is 0 Å². The molecule has 2 nitrogen and oxygen atoms in total. The Hall–Kier alpha value is -1.15. The van der Waals surface area contributed by atoms with Crippen LogP contribution in [0.2, 0.25) is 0 Å². The van der Waals surface area contributed by atoms with Crippen molar-refractivity contribution in [1.82, 2.24) is 0 Å². The minimum Gasteiger partial charge on any atom is -0.309 e. The molecule has 0 amide bonds. The molecule has 2 heteroatoms. The van der Waals surface area contributed by atoms with E-state index in [1.165, 1.54) is 11.1 Å². The summed E-state index contributed by atoms with van der Waals surface area (Å²) in [5.74, 6) is 0. The van der Waals surface area contributed by atoms with E-state index in [0.29, 0.717) is 0 Å². The molecule has 1 atom stereocenters. The van der Waals surface area contributed by atoms with Crippen LogP contribution in [0.15, 0.2) is 29.3 Å². The van der Waals surface area contributed by atoms with E-state index < -0.39 is 0 Å². The maximum atomic E-state index is 5.75. The van der Waals surface area contributed by atoms with Gasteiger partial charge in [0.15, 0.2) is 0 Å². The third-order valence-electron chi connectivity index (χ3n) is 2.20. The number of rotatable bonds is 0. The lowest BCUT2D eigenvalue weighted by Gasteiger charge is -2.18. The predicted octanol–water partition coefficient (Wildman–Crippen LogP) is 1.34. The lowest BCUT2D eigenvalue weighted by Crippen LogP contribution is -2.26. The Labute approximate surface area is 72.1 Å². The summed E-state index contributed by atoms with van der Waals surface area (Å²) in [7, 11) is 0. The summed E-state index contributed by atoms with van der Waals surface area (Å²) in [5, 5.41) is 0. The highest BCUT2D eigenvalue weighted by Crippen LogP contribution is 2.16. The Balaban J connectivity index is 2.53. The van der Waals surface area contributed by atoms with E-state index in [9.17, 15) is 0 Å². The summed E-state index contributed by atoms with van der Waals surface area (Å²) in [4.78, 5) is 4.32. The average Bonchev–Trinajstić information content (AvgIpc) is 2.04. The summed E-state index contributed by atoms with van der Waals surface area (Å²) in [6, 6.07) is 8.30. The zero-order chi connectivity index (χ0) is 8.55. The van der Waals surface area contributed by atoms with Crippen LogP contribution in [0.4, 0.5) is 0 Å². The van der Waals surface area contributed by atoms with E-state index >= 15 is 0 Å². The number of benzene rings is 1. The molecule has 1 aliphatic rings. The molecule has 2 N–H and O–H groups in total. The van der Waals surface area contributed by atoms with Crippen molar-refractivity contribution in [3.63, 3.8) is 0 Å². The van der Waals surface area contributed by atoms with E-state index in [2.05, 4.69) is 17.1 Å². The van der Waals surface area contributed by atoms with Gasteiger partial charge in [0.25, 0.3) is 0 Å². The molecule has 0 bridgehead atoms. The van der Waals surface area contributed by atoms with Crippen LogP contribution >= 0.6 is 0 Å². The van der Waals surface area contributed by atoms with Gasteiger partial charge in [-0.3, -0.25) is 4.99 Å². The van der Waals surface area contributed by atoms with Gasteiger partial charge in [-0.2, -0.15) is 0 Å². The fourth-order valence-electron chi connectivity index (χ4n) is 1.64. The van der Waals surface area contributed by atoms with Crippen LogP contribution in [-0.2, 0) is 6.42 Å². The smallest absolute Gasteiger partial charge is 0.101 e. The fraction of sp³-hybridized carbons (Fsp3) is 0.300. The highest BCUT2D eigenvalue weighted by molar-refractivity contribution is 6.00. The van der Waals surface area contributed by atoms with Gasteiger partial charge in [-0.1, -0.05) is 24.3 Å². The van der Waals surface area contributed by atoms with Gasteiger partial charge in [0.2, 0.25) is 0 Å². The van der Waals surface area contributed by atoms with Crippen LogP contribution in [0.25, 0.3) is 0 Å². The zero-order valence-corrected chi connectivity index (χ0v) is 7.12. The van der Waals surface area contributed by atoms with Crippen LogP contribution in [0, 0.1) is 0 Å². The van der Waals surface area contributed by atoms with E-state index in [-0.39, 0.29) is 6.17 Å². The first kappa shape index (κ1) is 7.50. The Bertz CT molecular complexity index is 328. The molecule has 0 spiro atoms. The molecule has 0 saturated carbocycles. The molecule has 0 radical (unpaired) electrons. The standard InChI is InChI=1S/C10H12N2/c1-7-9-5-3-2-4-8(9)6-10(11)12-7/h2-5,10H,6,11H2,1H3. The summed E-state index contributed by atoms with van der Waals surface area (Å²) in [5.41, 5.74) is 9.38. The molecule has 2 rings (SSSR count). The topological polar surface area (TPSA) is 38.4 Å². The SMILES string of the molecule is CC1=NC(N)Cc2ccccc21. The molecule has 1 aliphatic heterocycles. The molecule has 12 heavy (non-hydrogen) atoms. The summed E-state index contributed by atoms with van der Waals surface area (Å²) < 4.78 is 0. The second-order valence-electron chi connectivity index (χ2n) is 3.14. The largest absolute Gasteiger partial charge is 0.309 e. The third kappa shape index (κ3) is 1.14. The molecule has 0 saturated heterocycles. The molecule has 1 unspecified atom stereocenters. The number of nitrogens with zero attached hydrogens (tertiary/aromatic N) is 1. The van der Waals surface area contributed by atoms with E-state index in [1.54, 1.807) is 0 Å². The van der Waals surface area contributed by atoms with Gasteiger partial charge in [0.05, 0.1) is 0 Å². The Morgan fingerprint density at radius 2 is 2.17 bits per heavy atom. The van der Waals surface area contributed by atoms with E-state index in [1.807, 2.05) is 19.1 Å². The molecule has 1 heterocycles. The van der Waals surface area contributed by atoms with Gasteiger partial charge >= 0.3 is 0 Å². The monoisotopic (exact) mass is 160 g/mol. The van der Waals surface area contributed by atoms with Gasteiger partial charge in [0.1, 0.15) is 6.17 Å². The Morgan fingerprint density at radius 3 is 3.00 bits per heavy atom. The number of hydrogen-bond donors (Lipinski definition) is 1. The van der Waals surface area contributed by atoms with Gasteiger partial charge in [-0.05, 0) is 18.1 Å². The fourth-order valence-corrected chi connectivity index (χ4v) is 1.64. The highest BCUT2D eigenvalue weighted by atomic mass is 14.9. The maximum absolute atomic E-state index is 5.75. The molecule has 0 aliphatic carbocycles. The number of fused-ring (bicyclic) bond motifs is 1. The Morgan fingerprint density at radius 1 is 1.42 bits per heavy atom. The summed E-state index contributed by atoms with van der Waals surface area (Å²) >= 11 is 0. The first-order valence-electron chi connectivity index (χ1n) is 4.15. The lowest BCUT2D eigenvalue weighted by atomic mass is 9.97. The summed E-state index contributed by atoms with van der Waals surface area (Å²) in [6.45, 7) is 2.01. The van der Waals surface area contributed by atoms with E-state index in [0.717, 1.165) is 12.1 Å². The molecule has 1 aromatic carbocycles. The first-order valence-corrected chi connectivity index (χ1v) is 4.15. The first-order chi connectivity index (χ1) is 5.77. The normalized spacial score (nSPS) is 21.5. The molecule has 0 fully saturated rings. The number of aliphatic imine (C=N–C) groups is 1. The van der Waals surface area contributed by atoms with Gasteiger partial charge in [-0.15, -0.1) is 0 Å². The van der Waals surface area contributed by atoms with Crippen LogP contribution in [0.3, 0.4) is 0 Å². The lowest BCUT2D eigenvalue weighted by molar-refractivity contribution is 0.694. The van der Waals surface area contributed by atoms with Crippen molar-refractivity contribution >= 4 is 5.71 Å². The molecule has 0 aromatic heterocycles. The zero-order valence-electron chi connectivity index (χ0n) is 7.12. The minimum absolute atomic E-state index is 0.0418. The van der Waals surface area contributed by atoms with Crippen LogP contribution in [-0.4, -0.2) is 11.9 Å². The minimum atomic E-state index is -0.0418. The van der Waals surface area contributed by atoms with Gasteiger partial charge < -0.3 is 5.73 Å². The van der Waals surface area contributed by atoms with Crippen molar-refractivity contribution in [2.45, 2.75) is 19.5 Å². The third-order valence-corrected chi connectivity index (χ3v) is 2.20.